The van der Waals surface area contributed by atoms with Gasteiger partial charge in [0.05, 0.1) is 17.4 Å². The fraction of sp³-hybridized carbons (Fsp3) is 1.00. The van der Waals surface area contributed by atoms with Crippen LogP contribution in [0, 0.1) is 5.92 Å². The third-order valence-corrected chi connectivity index (χ3v) is 5.90. The molecule has 2 heterocycles. The number of sulfonamides is 1. The van der Waals surface area contributed by atoms with Crippen LogP contribution in [0.15, 0.2) is 0 Å². The first-order valence-electron chi connectivity index (χ1n) is 6.50. The van der Waals surface area contributed by atoms with E-state index in [9.17, 15) is 8.42 Å². The summed E-state index contributed by atoms with van der Waals surface area (Å²) in [7, 11) is -3.17. The topological polar surface area (TPSA) is 67.4 Å². The summed E-state index contributed by atoms with van der Waals surface area (Å²) >= 11 is 0. The minimum atomic E-state index is -3.17. The molecule has 2 saturated heterocycles. The van der Waals surface area contributed by atoms with Crippen molar-refractivity contribution in [3.8, 4) is 0 Å². The molecule has 3 atom stereocenters. The highest BCUT2D eigenvalue weighted by Gasteiger charge is 2.43. The first-order chi connectivity index (χ1) is 8.17. The van der Waals surface area contributed by atoms with E-state index in [0.29, 0.717) is 19.1 Å². The van der Waals surface area contributed by atoms with Crippen molar-refractivity contribution in [1.82, 2.24) is 10.0 Å². The van der Waals surface area contributed by atoms with Gasteiger partial charge in [-0.2, -0.15) is 0 Å². The Balaban J connectivity index is 1.64. The predicted molar refractivity (Wildman–Crippen MR) is 64.2 cm³/mol. The summed E-state index contributed by atoms with van der Waals surface area (Å²) in [6.07, 6.45) is 4.04. The van der Waals surface area contributed by atoms with Gasteiger partial charge in [-0.05, 0) is 38.1 Å². The number of hydrogen-bond acceptors (Lipinski definition) is 4. The quantitative estimate of drug-likeness (QED) is 0.737. The van der Waals surface area contributed by atoms with Crippen molar-refractivity contribution in [3.63, 3.8) is 0 Å². The highest BCUT2D eigenvalue weighted by molar-refractivity contribution is 7.90. The first kappa shape index (κ1) is 11.9. The molecule has 0 aromatic rings. The van der Waals surface area contributed by atoms with E-state index in [1.165, 1.54) is 12.8 Å². The standard InChI is InChI=1S/C11H20N2O3S/c14-17(15,9-3-5-12-7-9)13-10-4-6-16-11(10)8-1-2-8/h8-13H,1-7H2. The Morgan fingerprint density at radius 1 is 1.18 bits per heavy atom. The minimum Gasteiger partial charge on any atom is -0.376 e. The highest BCUT2D eigenvalue weighted by Crippen LogP contribution is 2.39. The zero-order valence-corrected chi connectivity index (χ0v) is 10.7. The molecule has 3 unspecified atom stereocenters. The van der Waals surface area contributed by atoms with Gasteiger partial charge in [0, 0.05) is 13.2 Å². The van der Waals surface area contributed by atoms with Crippen LogP contribution in [0.3, 0.4) is 0 Å². The monoisotopic (exact) mass is 260 g/mol. The smallest absolute Gasteiger partial charge is 0.216 e. The van der Waals surface area contributed by atoms with Crippen LogP contribution in [0.5, 0.6) is 0 Å². The van der Waals surface area contributed by atoms with E-state index in [1.54, 1.807) is 0 Å². The van der Waals surface area contributed by atoms with Gasteiger partial charge in [0.15, 0.2) is 0 Å². The fourth-order valence-electron chi connectivity index (χ4n) is 2.83. The maximum Gasteiger partial charge on any atom is 0.216 e. The maximum absolute atomic E-state index is 12.2. The molecule has 0 radical (unpaired) electrons. The Morgan fingerprint density at radius 3 is 2.65 bits per heavy atom. The lowest BCUT2D eigenvalue weighted by atomic mass is 10.1. The molecule has 6 heteroatoms. The minimum absolute atomic E-state index is 0.00750. The van der Waals surface area contributed by atoms with E-state index >= 15 is 0 Å². The van der Waals surface area contributed by atoms with Crippen LogP contribution in [0.1, 0.15) is 25.7 Å². The molecule has 1 saturated carbocycles. The summed E-state index contributed by atoms with van der Waals surface area (Å²) in [6.45, 7) is 2.08. The number of hydrogen-bond donors (Lipinski definition) is 2. The van der Waals surface area contributed by atoms with Crippen LogP contribution < -0.4 is 10.0 Å². The lowest BCUT2D eigenvalue weighted by Crippen LogP contribution is -2.46. The molecule has 3 rings (SSSR count). The SMILES string of the molecule is O=S(=O)(NC1CCOC1C1CC1)C1CCNC1. The van der Waals surface area contributed by atoms with Gasteiger partial charge < -0.3 is 10.1 Å². The van der Waals surface area contributed by atoms with Gasteiger partial charge in [-0.1, -0.05) is 0 Å². The molecule has 0 amide bonds. The van der Waals surface area contributed by atoms with Gasteiger partial charge in [0.1, 0.15) is 0 Å². The van der Waals surface area contributed by atoms with Crippen LogP contribution in [0.25, 0.3) is 0 Å². The van der Waals surface area contributed by atoms with Crippen molar-refractivity contribution < 1.29 is 13.2 Å². The maximum atomic E-state index is 12.2. The average Bonchev–Trinajstić information content (AvgIpc) is 2.82. The number of nitrogens with one attached hydrogen (secondary N) is 2. The molecule has 17 heavy (non-hydrogen) atoms. The van der Waals surface area contributed by atoms with Crippen molar-refractivity contribution in [2.24, 2.45) is 5.92 Å². The lowest BCUT2D eigenvalue weighted by molar-refractivity contribution is 0.0847. The summed E-state index contributed by atoms with van der Waals surface area (Å²) in [5.74, 6) is 0.590. The summed E-state index contributed by atoms with van der Waals surface area (Å²) < 4.78 is 32.9. The Morgan fingerprint density at radius 2 is 2.00 bits per heavy atom. The summed E-state index contributed by atoms with van der Waals surface area (Å²) in [6, 6.07) is 0.00750. The lowest BCUT2D eigenvalue weighted by Gasteiger charge is -2.21. The van der Waals surface area contributed by atoms with Crippen molar-refractivity contribution in [2.45, 2.75) is 43.1 Å². The molecular formula is C11H20N2O3S. The molecule has 1 aliphatic carbocycles. The molecule has 98 valence electrons. The third-order valence-electron chi connectivity index (χ3n) is 3.99. The Bertz CT molecular complexity index is 374. The molecule has 0 bridgehead atoms. The van der Waals surface area contributed by atoms with Crippen LogP contribution in [0.2, 0.25) is 0 Å². The van der Waals surface area contributed by atoms with Crippen molar-refractivity contribution >= 4 is 10.0 Å². The predicted octanol–water partition coefficient (Wildman–Crippen LogP) is -0.165. The molecule has 2 aliphatic heterocycles. The normalized spacial score (nSPS) is 38.7. The van der Waals surface area contributed by atoms with E-state index < -0.39 is 10.0 Å². The third kappa shape index (κ3) is 2.50. The molecule has 5 nitrogen and oxygen atoms in total. The second kappa shape index (κ2) is 4.50. The summed E-state index contributed by atoms with van der Waals surface area (Å²) in [5, 5.41) is 2.84. The van der Waals surface area contributed by atoms with Crippen LogP contribution in [0.4, 0.5) is 0 Å². The van der Waals surface area contributed by atoms with Crippen molar-refractivity contribution in [3.05, 3.63) is 0 Å². The Hall–Kier alpha value is -0.170. The summed E-state index contributed by atoms with van der Waals surface area (Å²) in [5.41, 5.74) is 0. The van der Waals surface area contributed by atoms with Crippen LogP contribution >= 0.6 is 0 Å². The van der Waals surface area contributed by atoms with E-state index in [2.05, 4.69) is 10.0 Å². The molecular weight excluding hydrogens is 240 g/mol. The number of rotatable bonds is 4. The van der Waals surface area contributed by atoms with Crippen LogP contribution in [-0.4, -0.2) is 45.5 Å². The second-order valence-corrected chi connectivity index (χ2v) is 7.34. The summed E-state index contributed by atoms with van der Waals surface area (Å²) in [4.78, 5) is 0. The first-order valence-corrected chi connectivity index (χ1v) is 8.05. The van der Waals surface area contributed by atoms with E-state index in [4.69, 9.17) is 4.74 Å². The average molecular weight is 260 g/mol. The van der Waals surface area contributed by atoms with E-state index in [0.717, 1.165) is 19.4 Å². The van der Waals surface area contributed by atoms with Gasteiger partial charge in [-0.25, -0.2) is 13.1 Å². The van der Waals surface area contributed by atoms with Gasteiger partial charge >= 0.3 is 0 Å². The molecule has 0 spiro atoms. The molecule has 0 aromatic carbocycles. The van der Waals surface area contributed by atoms with Crippen LogP contribution in [-0.2, 0) is 14.8 Å². The van der Waals surface area contributed by atoms with E-state index in [-0.39, 0.29) is 17.4 Å². The molecule has 3 aliphatic rings. The van der Waals surface area contributed by atoms with E-state index in [1.807, 2.05) is 0 Å². The van der Waals surface area contributed by atoms with Gasteiger partial charge in [-0.15, -0.1) is 0 Å². The van der Waals surface area contributed by atoms with Gasteiger partial charge in [0.25, 0.3) is 0 Å². The molecule has 0 aromatic heterocycles. The zero-order valence-electron chi connectivity index (χ0n) is 9.89. The Kier molecular flexibility index (Phi) is 3.15. The molecule has 2 N–H and O–H groups in total. The fourth-order valence-corrected chi connectivity index (χ4v) is 4.46. The van der Waals surface area contributed by atoms with Crippen molar-refractivity contribution in [1.29, 1.82) is 0 Å². The van der Waals surface area contributed by atoms with Gasteiger partial charge in [-0.3, -0.25) is 0 Å². The zero-order chi connectivity index (χ0) is 11.9. The number of ether oxygens (including phenoxy) is 1. The van der Waals surface area contributed by atoms with Gasteiger partial charge in [0.2, 0.25) is 10.0 Å². The van der Waals surface area contributed by atoms with Crippen molar-refractivity contribution in [2.75, 3.05) is 19.7 Å². The Labute approximate surface area is 102 Å². The highest BCUT2D eigenvalue weighted by atomic mass is 32.2. The molecule has 3 fully saturated rings. The second-order valence-electron chi connectivity index (χ2n) is 5.35. The largest absolute Gasteiger partial charge is 0.376 e.